The maximum Gasteiger partial charge on any atom is 0.364 e. The monoisotopic (exact) mass is 1350 g/mol. The second-order valence-corrected chi connectivity index (χ2v) is 26.8. The Morgan fingerprint density at radius 1 is 0.553 bits per heavy atom. The number of hydrogen-bond donors (Lipinski definition) is 14. The van der Waals surface area contributed by atoms with Gasteiger partial charge in [0.05, 0.1) is 50.7 Å². The molecule has 23 nitrogen and oxygen atoms in total. The van der Waals surface area contributed by atoms with E-state index in [9.17, 15) is 75.7 Å². The van der Waals surface area contributed by atoms with Gasteiger partial charge in [0.15, 0.2) is 12.6 Å². The molecule has 550 valence electrons. The summed E-state index contributed by atoms with van der Waals surface area (Å²) in [5.74, 6) is -6.14. The zero-order chi connectivity index (χ0) is 68.9. The second kappa shape index (κ2) is 51.4. The zero-order valence-corrected chi connectivity index (χ0v) is 57.6. The van der Waals surface area contributed by atoms with Gasteiger partial charge >= 0.3 is 5.97 Å². The van der Waals surface area contributed by atoms with Crippen molar-refractivity contribution in [2.45, 2.75) is 381 Å². The van der Waals surface area contributed by atoms with Crippen LogP contribution < -0.4 is 10.6 Å². The van der Waals surface area contributed by atoms with Crippen molar-refractivity contribution >= 4 is 17.8 Å². The van der Waals surface area contributed by atoms with Gasteiger partial charge in [0, 0.05) is 19.8 Å². The van der Waals surface area contributed by atoms with Crippen LogP contribution in [0.5, 0.6) is 0 Å². The zero-order valence-electron chi connectivity index (χ0n) is 57.6. The molecule has 2 amide bonds. The molecule has 0 aromatic heterocycles. The molecule has 0 radical (unpaired) electrons. The summed E-state index contributed by atoms with van der Waals surface area (Å²) >= 11 is 0. The highest BCUT2D eigenvalue weighted by molar-refractivity contribution is 5.77. The molecule has 0 bridgehead atoms. The van der Waals surface area contributed by atoms with Crippen LogP contribution in [0.1, 0.15) is 271 Å². The molecular formula is C71H130N2O21. The number of aliphatic hydroxyl groups is 11. The average Bonchev–Trinajstić information content (AvgIpc) is 0.760. The van der Waals surface area contributed by atoms with Crippen LogP contribution in [0.4, 0.5) is 0 Å². The highest BCUT2D eigenvalue weighted by Gasteiger charge is 2.60. The molecule has 14 N–H and O–H groups in total. The van der Waals surface area contributed by atoms with Gasteiger partial charge in [-0.05, 0) is 44.9 Å². The summed E-state index contributed by atoms with van der Waals surface area (Å²) < 4.78 is 34.8. The summed E-state index contributed by atoms with van der Waals surface area (Å²) in [6.07, 6.45) is 23.6. The van der Waals surface area contributed by atoms with Crippen LogP contribution in [-0.2, 0) is 42.8 Å². The minimum absolute atomic E-state index is 0.198. The fourth-order valence-electron chi connectivity index (χ4n) is 12.8. The topological polar surface area (TPSA) is 373 Å². The summed E-state index contributed by atoms with van der Waals surface area (Å²) in [5, 5.41) is 136. The highest BCUT2D eigenvalue weighted by Crippen LogP contribution is 2.39. The Kier molecular flexibility index (Phi) is 46.7. The fraction of sp³-hybridized carbons (Fsp3) is 0.901. The van der Waals surface area contributed by atoms with E-state index in [0.717, 1.165) is 58.3 Å². The molecule has 23 heteroatoms. The quantitative estimate of drug-likeness (QED) is 0.0205. The summed E-state index contributed by atoms with van der Waals surface area (Å²) in [6, 6.07) is -2.62. The highest BCUT2D eigenvalue weighted by atomic mass is 16.8. The summed E-state index contributed by atoms with van der Waals surface area (Å²) in [5.41, 5.74) is 0. The van der Waals surface area contributed by atoms with Gasteiger partial charge in [-0.1, -0.05) is 231 Å². The predicted molar refractivity (Wildman–Crippen MR) is 357 cm³/mol. The van der Waals surface area contributed by atoms with Gasteiger partial charge in [-0.3, -0.25) is 9.59 Å². The second-order valence-electron chi connectivity index (χ2n) is 26.8. The Bertz CT molecular complexity index is 1990. The molecule has 18 unspecified atom stereocenters. The Balaban J connectivity index is 1.56. The van der Waals surface area contributed by atoms with Crippen molar-refractivity contribution < 1.29 is 104 Å². The molecule has 0 spiro atoms. The van der Waals surface area contributed by atoms with Crippen molar-refractivity contribution in [1.82, 2.24) is 10.6 Å². The fourth-order valence-corrected chi connectivity index (χ4v) is 12.8. The number of aliphatic hydroxyl groups excluding tert-OH is 11. The SMILES string of the molecule is CCCCCCCCCCCCCC/C=C\CCCCCCCCCCC(=O)NC(COC1OC(CO)C(OC2OC(CO)C(O)C(OC3(C(=O)O)CC(O)C(NC(C)=O)C(C(O)C(O)CO)O3)C2O)C(O)C1O)C(O)/C=C/CCCCCCCCCCCCCCCC. The first-order valence-corrected chi connectivity index (χ1v) is 36.7. The van der Waals surface area contributed by atoms with Crippen LogP contribution in [0.2, 0.25) is 0 Å². The number of ether oxygens (including phenoxy) is 6. The van der Waals surface area contributed by atoms with Crippen molar-refractivity contribution in [1.29, 1.82) is 0 Å². The third kappa shape index (κ3) is 32.9. The number of nitrogens with one attached hydrogen (secondary N) is 2. The molecule has 0 saturated carbocycles. The number of carboxylic acid groups (broad SMARTS) is 1. The van der Waals surface area contributed by atoms with Gasteiger partial charge in [-0.15, -0.1) is 0 Å². The van der Waals surface area contributed by atoms with E-state index in [1.54, 1.807) is 6.08 Å². The summed E-state index contributed by atoms with van der Waals surface area (Å²) in [6.45, 7) is 2.15. The molecule has 3 heterocycles. The van der Waals surface area contributed by atoms with Crippen molar-refractivity contribution in [3.05, 3.63) is 24.3 Å². The standard InChI is InChI=1S/C71H130N2O21/c1-4-6-8-10-12-14-16-18-20-22-23-24-25-26-27-28-29-31-33-35-37-39-41-43-45-58(81)73-52(53(78)44-42-40-38-36-34-32-30-21-19-17-15-13-11-9-7-5-2)50-89-68-63(85)62(84)65(57(49-76)91-68)92-69-64(86)67(61(83)56(48-75)90-69)94-71(70(87)88)46-54(79)59(72-51(3)77)66(93-71)60(82)55(80)47-74/h26-27,42,44,52-57,59-69,74-76,78-80,82-86H,4-25,28-41,43,45-50H2,1-3H3,(H,72,77)(H,73,81)(H,87,88)/b27-26-,44-42+. The number of carbonyl (C=O) groups excluding carboxylic acids is 2. The van der Waals surface area contributed by atoms with Crippen LogP contribution in [0.25, 0.3) is 0 Å². The molecule has 3 saturated heterocycles. The van der Waals surface area contributed by atoms with Crippen LogP contribution in [0.3, 0.4) is 0 Å². The molecule has 3 aliphatic heterocycles. The molecular weight excluding hydrogens is 1220 g/mol. The number of carbonyl (C=O) groups is 3. The Morgan fingerprint density at radius 2 is 1.00 bits per heavy atom. The number of amides is 2. The average molecular weight is 1350 g/mol. The van der Waals surface area contributed by atoms with Gasteiger partial charge in [0.25, 0.3) is 5.79 Å². The largest absolute Gasteiger partial charge is 0.477 e. The van der Waals surface area contributed by atoms with Crippen LogP contribution in [0, 0.1) is 0 Å². The van der Waals surface area contributed by atoms with E-state index in [-0.39, 0.29) is 12.3 Å². The Labute approximate surface area is 562 Å². The normalized spacial score (nSPS) is 28.0. The molecule has 3 fully saturated rings. The lowest BCUT2D eigenvalue weighted by atomic mass is 9.88. The van der Waals surface area contributed by atoms with Gasteiger partial charge in [-0.2, -0.15) is 0 Å². The molecule has 3 aliphatic rings. The number of unbranched alkanes of at least 4 members (excludes halogenated alkanes) is 34. The number of carboxylic acids is 1. The van der Waals surface area contributed by atoms with Crippen molar-refractivity contribution in [2.24, 2.45) is 0 Å². The Morgan fingerprint density at radius 3 is 1.45 bits per heavy atom. The van der Waals surface area contributed by atoms with Crippen LogP contribution in [-0.4, -0.2) is 215 Å². The van der Waals surface area contributed by atoms with Crippen molar-refractivity contribution in [3.8, 4) is 0 Å². The third-order valence-corrected chi connectivity index (χ3v) is 18.6. The van der Waals surface area contributed by atoms with E-state index >= 15 is 0 Å². The minimum Gasteiger partial charge on any atom is -0.477 e. The number of rotatable bonds is 56. The van der Waals surface area contributed by atoms with Crippen LogP contribution in [0.15, 0.2) is 24.3 Å². The lowest BCUT2D eigenvalue weighted by molar-refractivity contribution is -0.386. The Hall–Kier alpha value is -2.79. The molecule has 18 atom stereocenters. The van der Waals surface area contributed by atoms with E-state index in [0.29, 0.717) is 12.8 Å². The summed E-state index contributed by atoms with van der Waals surface area (Å²) in [4.78, 5) is 38.6. The molecule has 94 heavy (non-hydrogen) atoms. The molecule has 3 rings (SSSR count). The maximum absolute atomic E-state index is 13.5. The van der Waals surface area contributed by atoms with Crippen molar-refractivity contribution in [3.63, 3.8) is 0 Å². The van der Waals surface area contributed by atoms with Gasteiger partial charge in [0.1, 0.15) is 67.1 Å². The number of hydrogen-bond acceptors (Lipinski definition) is 20. The lowest BCUT2D eigenvalue weighted by Gasteiger charge is -2.50. The molecule has 0 aromatic carbocycles. The van der Waals surface area contributed by atoms with E-state index in [1.807, 2.05) is 6.08 Å². The van der Waals surface area contributed by atoms with Gasteiger partial charge in [-0.25, -0.2) is 4.79 Å². The predicted octanol–water partition coefficient (Wildman–Crippen LogP) is 7.62. The van der Waals surface area contributed by atoms with E-state index in [4.69, 9.17) is 28.4 Å². The first-order chi connectivity index (χ1) is 45.4. The molecule has 0 aromatic rings. The van der Waals surface area contributed by atoms with Gasteiger partial charge < -0.3 is 100 Å². The smallest absolute Gasteiger partial charge is 0.364 e. The van der Waals surface area contributed by atoms with E-state index in [1.165, 1.54) is 173 Å². The van der Waals surface area contributed by atoms with E-state index < -0.39 is 155 Å². The van der Waals surface area contributed by atoms with Crippen LogP contribution >= 0.6 is 0 Å². The number of aliphatic carboxylic acids is 1. The molecule has 0 aliphatic carbocycles. The van der Waals surface area contributed by atoms with Gasteiger partial charge in [0.2, 0.25) is 11.8 Å². The first kappa shape index (κ1) is 85.4. The lowest BCUT2D eigenvalue weighted by Crippen LogP contribution is -2.70. The number of allylic oxidation sites excluding steroid dienone is 3. The third-order valence-electron chi connectivity index (χ3n) is 18.6. The van der Waals surface area contributed by atoms with E-state index in [2.05, 4.69) is 36.6 Å². The van der Waals surface area contributed by atoms with Crippen molar-refractivity contribution in [2.75, 3.05) is 26.4 Å². The first-order valence-electron chi connectivity index (χ1n) is 36.7. The summed E-state index contributed by atoms with van der Waals surface area (Å²) in [7, 11) is 0. The maximum atomic E-state index is 13.5. The minimum atomic E-state index is -3.08.